The second-order valence-corrected chi connectivity index (χ2v) is 21.1. The van der Waals surface area contributed by atoms with Crippen molar-refractivity contribution in [3.63, 3.8) is 0 Å². The van der Waals surface area contributed by atoms with Crippen LogP contribution in [0, 0.1) is 0 Å². The monoisotopic (exact) mass is 516 g/mol. The van der Waals surface area contributed by atoms with Gasteiger partial charge >= 0.3 is 8.56 Å². The van der Waals surface area contributed by atoms with Gasteiger partial charge in [0.25, 0.3) is 0 Å². The van der Waals surface area contributed by atoms with Crippen LogP contribution in [0.25, 0.3) is 0 Å². The highest BCUT2D eigenvalue weighted by atomic mass is 79.9. The van der Waals surface area contributed by atoms with Crippen molar-refractivity contribution in [2.75, 3.05) is 0 Å². The standard InChI is InChI=1S/C18H26Br2O2Si3/c1-23(2,17-11-7-15(19)8-12-17)21-25(5,6)22-24(3,4)18-13-9-16(20)10-14-18/h7-14H,1-6H3. The molecule has 0 atom stereocenters. The van der Waals surface area contributed by atoms with Crippen molar-refractivity contribution in [3.8, 4) is 0 Å². The molecule has 0 amide bonds. The third-order valence-electron chi connectivity index (χ3n) is 4.08. The molecular formula is C18H26Br2O2Si3. The summed E-state index contributed by atoms with van der Waals surface area (Å²) in [6.45, 7) is 13.4. The molecule has 0 bridgehead atoms. The molecule has 0 aliphatic carbocycles. The van der Waals surface area contributed by atoms with E-state index in [0.717, 1.165) is 8.95 Å². The number of hydrogen-bond acceptors (Lipinski definition) is 2. The van der Waals surface area contributed by atoms with E-state index in [1.807, 2.05) is 0 Å². The van der Waals surface area contributed by atoms with Crippen LogP contribution >= 0.6 is 31.9 Å². The highest BCUT2D eigenvalue weighted by Crippen LogP contribution is 2.22. The molecule has 0 heterocycles. The molecule has 136 valence electrons. The fourth-order valence-corrected chi connectivity index (χ4v) is 16.9. The summed E-state index contributed by atoms with van der Waals surface area (Å²) in [5.41, 5.74) is 0. The Balaban J connectivity index is 2.17. The zero-order valence-corrected chi connectivity index (χ0v) is 21.9. The lowest BCUT2D eigenvalue weighted by Crippen LogP contribution is -2.59. The van der Waals surface area contributed by atoms with Gasteiger partial charge in [0.1, 0.15) is 0 Å². The van der Waals surface area contributed by atoms with Gasteiger partial charge in [-0.2, -0.15) is 0 Å². The smallest absolute Gasteiger partial charge is 0.311 e. The lowest BCUT2D eigenvalue weighted by molar-refractivity contribution is 0.401. The van der Waals surface area contributed by atoms with Crippen molar-refractivity contribution in [2.24, 2.45) is 0 Å². The van der Waals surface area contributed by atoms with Crippen molar-refractivity contribution in [3.05, 3.63) is 57.5 Å². The highest BCUT2D eigenvalue weighted by molar-refractivity contribution is 9.10. The van der Waals surface area contributed by atoms with Crippen molar-refractivity contribution in [1.29, 1.82) is 0 Å². The Morgan fingerprint density at radius 3 is 1.12 bits per heavy atom. The van der Waals surface area contributed by atoms with E-state index < -0.39 is 25.2 Å². The van der Waals surface area contributed by atoms with Crippen LogP contribution in [0.2, 0.25) is 39.3 Å². The third kappa shape index (κ3) is 5.98. The fourth-order valence-electron chi connectivity index (χ4n) is 3.07. The van der Waals surface area contributed by atoms with Gasteiger partial charge in [-0.05, 0) is 73.9 Å². The van der Waals surface area contributed by atoms with Crippen LogP contribution < -0.4 is 10.4 Å². The Bertz CT molecular complexity index is 653. The molecular weight excluding hydrogens is 492 g/mol. The van der Waals surface area contributed by atoms with E-state index in [-0.39, 0.29) is 0 Å². The topological polar surface area (TPSA) is 18.5 Å². The third-order valence-corrected chi connectivity index (χ3v) is 16.6. The van der Waals surface area contributed by atoms with E-state index >= 15 is 0 Å². The van der Waals surface area contributed by atoms with E-state index in [2.05, 4.69) is 120 Å². The minimum absolute atomic E-state index is 1.09. The van der Waals surface area contributed by atoms with Crippen LogP contribution in [-0.4, -0.2) is 25.2 Å². The van der Waals surface area contributed by atoms with Gasteiger partial charge < -0.3 is 8.23 Å². The quantitative estimate of drug-likeness (QED) is 0.473. The first-order chi connectivity index (χ1) is 11.4. The largest absolute Gasteiger partial charge is 0.433 e. The van der Waals surface area contributed by atoms with Gasteiger partial charge in [0.2, 0.25) is 16.6 Å². The molecule has 2 rings (SSSR count). The van der Waals surface area contributed by atoms with Crippen LogP contribution in [0.15, 0.2) is 57.5 Å². The summed E-state index contributed by atoms with van der Waals surface area (Å²) in [5, 5.41) is 2.59. The van der Waals surface area contributed by atoms with E-state index in [1.165, 1.54) is 10.4 Å². The molecule has 0 unspecified atom stereocenters. The van der Waals surface area contributed by atoms with Crippen LogP contribution in [0.4, 0.5) is 0 Å². The van der Waals surface area contributed by atoms with Crippen LogP contribution in [0.1, 0.15) is 0 Å². The summed E-state index contributed by atoms with van der Waals surface area (Å²) in [4.78, 5) is 0. The van der Waals surface area contributed by atoms with Crippen molar-refractivity contribution in [1.82, 2.24) is 0 Å². The summed E-state index contributed by atoms with van der Waals surface area (Å²) in [6, 6.07) is 17.0. The van der Waals surface area contributed by atoms with Gasteiger partial charge in [-0.1, -0.05) is 56.1 Å². The van der Waals surface area contributed by atoms with Gasteiger partial charge in [0.15, 0.2) is 0 Å². The summed E-state index contributed by atoms with van der Waals surface area (Å²) >= 11 is 7.01. The molecule has 0 aromatic heterocycles. The van der Waals surface area contributed by atoms with Crippen molar-refractivity contribution in [2.45, 2.75) is 39.3 Å². The molecule has 0 aliphatic heterocycles. The Morgan fingerprint density at radius 1 is 0.560 bits per heavy atom. The Labute approximate surface area is 171 Å². The summed E-state index contributed by atoms with van der Waals surface area (Å²) in [6.07, 6.45) is 0. The molecule has 0 saturated heterocycles. The number of hydrogen-bond donors (Lipinski definition) is 0. The van der Waals surface area contributed by atoms with E-state index in [1.54, 1.807) is 0 Å². The first-order valence-electron chi connectivity index (χ1n) is 8.34. The second kappa shape index (κ2) is 7.92. The van der Waals surface area contributed by atoms with E-state index in [4.69, 9.17) is 8.23 Å². The average molecular weight is 518 g/mol. The predicted octanol–water partition coefficient (Wildman–Crippen LogP) is 5.47. The molecule has 2 nitrogen and oxygen atoms in total. The van der Waals surface area contributed by atoms with Gasteiger partial charge in [-0.15, -0.1) is 0 Å². The van der Waals surface area contributed by atoms with E-state index in [9.17, 15) is 0 Å². The summed E-state index contributed by atoms with van der Waals surface area (Å²) < 4.78 is 15.6. The van der Waals surface area contributed by atoms with Gasteiger partial charge in [0, 0.05) is 8.95 Å². The minimum Gasteiger partial charge on any atom is -0.433 e. The number of halogens is 2. The Morgan fingerprint density at radius 2 is 0.840 bits per heavy atom. The Kier molecular flexibility index (Phi) is 6.74. The van der Waals surface area contributed by atoms with Crippen LogP contribution in [0.3, 0.4) is 0 Å². The summed E-state index contributed by atoms with van der Waals surface area (Å²) in [5.74, 6) is 0. The lowest BCUT2D eigenvalue weighted by Gasteiger charge is -2.39. The second-order valence-electron chi connectivity index (χ2n) is 7.64. The maximum absolute atomic E-state index is 6.70. The fraction of sp³-hybridized carbons (Fsp3) is 0.333. The number of rotatable bonds is 6. The highest BCUT2D eigenvalue weighted by Gasteiger charge is 2.41. The molecule has 0 saturated carbocycles. The molecule has 0 aliphatic rings. The normalized spacial score (nSPS) is 13.1. The molecule has 25 heavy (non-hydrogen) atoms. The molecule has 2 aromatic carbocycles. The van der Waals surface area contributed by atoms with Crippen molar-refractivity contribution >= 4 is 67.4 Å². The molecule has 0 N–H and O–H groups in total. The minimum atomic E-state index is -2.27. The predicted molar refractivity (Wildman–Crippen MR) is 122 cm³/mol. The zero-order chi connectivity index (χ0) is 18.9. The molecule has 2 aromatic rings. The maximum Gasteiger partial charge on any atom is 0.311 e. The van der Waals surface area contributed by atoms with Crippen LogP contribution in [0.5, 0.6) is 0 Å². The van der Waals surface area contributed by atoms with Crippen LogP contribution in [-0.2, 0) is 8.23 Å². The first kappa shape index (κ1) is 21.3. The lowest BCUT2D eigenvalue weighted by atomic mass is 10.4. The van der Waals surface area contributed by atoms with Gasteiger partial charge in [-0.25, -0.2) is 0 Å². The maximum atomic E-state index is 6.70. The zero-order valence-electron chi connectivity index (χ0n) is 15.7. The summed E-state index contributed by atoms with van der Waals surface area (Å²) in [7, 11) is -6.30. The molecule has 0 radical (unpaired) electrons. The first-order valence-corrected chi connectivity index (χ1v) is 18.6. The van der Waals surface area contributed by atoms with E-state index in [0.29, 0.717) is 0 Å². The van der Waals surface area contributed by atoms with Gasteiger partial charge in [0.05, 0.1) is 0 Å². The Hall–Kier alpha value is -0.0294. The van der Waals surface area contributed by atoms with Gasteiger partial charge in [-0.3, -0.25) is 0 Å². The molecule has 7 heteroatoms. The molecule has 0 fully saturated rings. The SMILES string of the molecule is C[Si](C)(O[Si](C)(C)c1ccc(Br)cc1)O[Si](C)(C)c1ccc(Br)cc1. The molecule has 0 spiro atoms. The number of benzene rings is 2. The average Bonchev–Trinajstić information content (AvgIpc) is 2.45. The van der Waals surface area contributed by atoms with Crippen molar-refractivity contribution < 1.29 is 8.23 Å².